The Kier molecular flexibility index (Phi) is 8.57. The third-order valence-electron chi connectivity index (χ3n) is 3.77. The maximum atomic E-state index is 11.5. The Balaban J connectivity index is 2.66. The summed E-state index contributed by atoms with van der Waals surface area (Å²) in [5.41, 5.74) is 5.34. The van der Waals surface area contributed by atoms with Gasteiger partial charge in [0.05, 0.1) is 13.2 Å². The van der Waals surface area contributed by atoms with Crippen molar-refractivity contribution in [3.8, 4) is 0 Å². The van der Waals surface area contributed by atoms with Crippen LogP contribution in [0.15, 0.2) is 12.2 Å². The van der Waals surface area contributed by atoms with Crippen LogP contribution in [-0.2, 0) is 19.0 Å². The van der Waals surface area contributed by atoms with Crippen molar-refractivity contribution in [3.63, 3.8) is 0 Å². The molecule has 1 heterocycles. The first kappa shape index (κ1) is 18.1. The molecular weight excluding hydrogens is 270 g/mol. The highest BCUT2D eigenvalue weighted by Gasteiger charge is 2.40. The molecular formula is C16H29NO4. The Morgan fingerprint density at radius 3 is 2.76 bits per heavy atom. The number of nitrogens with two attached hydrogens (primary N) is 1. The van der Waals surface area contributed by atoms with Crippen LogP contribution in [0.25, 0.3) is 0 Å². The second-order valence-corrected chi connectivity index (χ2v) is 5.56. The summed E-state index contributed by atoms with van der Waals surface area (Å²) in [6, 6.07) is 0. The quantitative estimate of drug-likeness (QED) is 0.422. The molecule has 5 nitrogen and oxygen atoms in total. The molecule has 4 atom stereocenters. The fourth-order valence-electron chi connectivity index (χ4n) is 2.57. The van der Waals surface area contributed by atoms with Crippen molar-refractivity contribution < 1.29 is 19.0 Å². The standard InChI is InChI=1S/C16H29NO4/c1-4-5-6-7-8-9-13-16(21-14(18)10-17)15(19-3)12(2)11-20-13/h8-9,12-13,15-16H,4-7,10-11,17H2,1-3H3/b9-8+/t12-,13-,15-,16-/m0/s1. The van der Waals surface area contributed by atoms with Crippen LogP contribution >= 0.6 is 0 Å². The second kappa shape index (κ2) is 9.92. The molecule has 122 valence electrons. The number of ether oxygens (including phenoxy) is 3. The Hall–Kier alpha value is -0.910. The fourth-order valence-corrected chi connectivity index (χ4v) is 2.57. The second-order valence-electron chi connectivity index (χ2n) is 5.56. The van der Waals surface area contributed by atoms with Gasteiger partial charge in [0.1, 0.15) is 12.2 Å². The first-order valence-electron chi connectivity index (χ1n) is 7.84. The average molecular weight is 299 g/mol. The van der Waals surface area contributed by atoms with Crippen LogP contribution in [0.1, 0.15) is 39.5 Å². The molecule has 0 aromatic rings. The monoisotopic (exact) mass is 299 g/mol. The minimum Gasteiger partial charge on any atom is -0.455 e. The zero-order chi connectivity index (χ0) is 15.7. The lowest BCUT2D eigenvalue weighted by Gasteiger charge is -2.39. The van der Waals surface area contributed by atoms with E-state index >= 15 is 0 Å². The van der Waals surface area contributed by atoms with Gasteiger partial charge < -0.3 is 19.9 Å². The third kappa shape index (κ3) is 5.77. The molecule has 0 spiro atoms. The maximum Gasteiger partial charge on any atom is 0.320 e. The first-order valence-corrected chi connectivity index (χ1v) is 7.84. The van der Waals surface area contributed by atoms with E-state index in [1.807, 2.05) is 13.0 Å². The van der Waals surface area contributed by atoms with Gasteiger partial charge in [-0.2, -0.15) is 0 Å². The molecule has 2 N–H and O–H groups in total. The molecule has 0 saturated carbocycles. The molecule has 0 radical (unpaired) electrons. The summed E-state index contributed by atoms with van der Waals surface area (Å²) in [6.45, 7) is 4.67. The highest BCUT2D eigenvalue weighted by molar-refractivity contribution is 5.71. The topological polar surface area (TPSA) is 70.8 Å². The number of allylic oxidation sites excluding steroid dienone is 1. The van der Waals surface area contributed by atoms with Crippen molar-refractivity contribution in [2.45, 2.75) is 57.8 Å². The zero-order valence-corrected chi connectivity index (χ0v) is 13.4. The Bertz CT molecular complexity index is 332. The van der Waals surface area contributed by atoms with Gasteiger partial charge in [-0.1, -0.05) is 38.8 Å². The van der Waals surface area contributed by atoms with Gasteiger partial charge in [0.25, 0.3) is 0 Å². The number of methoxy groups -OCH3 is 1. The van der Waals surface area contributed by atoms with Crippen LogP contribution in [0.2, 0.25) is 0 Å². The smallest absolute Gasteiger partial charge is 0.320 e. The van der Waals surface area contributed by atoms with E-state index in [0.717, 1.165) is 12.8 Å². The van der Waals surface area contributed by atoms with Gasteiger partial charge in [-0.05, 0) is 12.8 Å². The Morgan fingerprint density at radius 1 is 1.38 bits per heavy atom. The number of hydrogen-bond donors (Lipinski definition) is 1. The predicted octanol–water partition coefficient (Wildman–Crippen LogP) is 2.04. The molecule has 0 unspecified atom stereocenters. The Labute approximate surface area is 127 Å². The molecule has 1 saturated heterocycles. The van der Waals surface area contributed by atoms with E-state index in [0.29, 0.717) is 6.61 Å². The molecule has 1 aliphatic heterocycles. The molecule has 0 bridgehead atoms. The van der Waals surface area contributed by atoms with Crippen molar-refractivity contribution in [1.29, 1.82) is 0 Å². The fraction of sp³-hybridized carbons (Fsp3) is 0.812. The average Bonchev–Trinajstić information content (AvgIpc) is 2.49. The van der Waals surface area contributed by atoms with Gasteiger partial charge in [-0.25, -0.2) is 0 Å². The predicted molar refractivity (Wildman–Crippen MR) is 81.9 cm³/mol. The van der Waals surface area contributed by atoms with Crippen molar-refractivity contribution in [2.75, 3.05) is 20.3 Å². The highest BCUT2D eigenvalue weighted by atomic mass is 16.6. The van der Waals surface area contributed by atoms with E-state index in [4.69, 9.17) is 19.9 Å². The summed E-state index contributed by atoms with van der Waals surface area (Å²) in [6.07, 6.45) is 7.83. The van der Waals surface area contributed by atoms with Gasteiger partial charge in [-0.3, -0.25) is 4.79 Å². The molecule has 21 heavy (non-hydrogen) atoms. The molecule has 0 aromatic heterocycles. The van der Waals surface area contributed by atoms with Crippen LogP contribution in [-0.4, -0.2) is 44.5 Å². The minimum absolute atomic E-state index is 0.131. The molecule has 1 fully saturated rings. The number of hydrogen-bond acceptors (Lipinski definition) is 5. The lowest BCUT2D eigenvalue weighted by molar-refractivity contribution is -0.189. The molecule has 0 aliphatic carbocycles. The summed E-state index contributed by atoms with van der Waals surface area (Å²) < 4.78 is 16.7. The Morgan fingerprint density at radius 2 is 2.14 bits per heavy atom. The van der Waals surface area contributed by atoms with Crippen LogP contribution in [0.4, 0.5) is 0 Å². The number of esters is 1. The lowest BCUT2D eigenvalue weighted by atomic mass is 9.93. The SMILES string of the molecule is CCCCC/C=C/[C@@H]1OC[C@H](C)[C@H](OC)[C@H]1OC(=O)CN. The molecule has 0 aromatic carbocycles. The summed E-state index contributed by atoms with van der Waals surface area (Å²) in [4.78, 5) is 11.5. The maximum absolute atomic E-state index is 11.5. The number of unbranched alkanes of at least 4 members (excludes halogenated alkanes) is 3. The molecule has 1 aliphatic rings. The third-order valence-corrected chi connectivity index (χ3v) is 3.77. The normalized spacial score (nSPS) is 29.7. The van der Waals surface area contributed by atoms with Gasteiger partial charge in [-0.15, -0.1) is 0 Å². The highest BCUT2D eigenvalue weighted by Crippen LogP contribution is 2.26. The lowest BCUT2D eigenvalue weighted by Crippen LogP contribution is -2.52. The van der Waals surface area contributed by atoms with Gasteiger partial charge in [0, 0.05) is 13.0 Å². The minimum atomic E-state index is -0.433. The molecule has 5 heteroatoms. The zero-order valence-electron chi connectivity index (χ0n) is 13.4. The van der Waals surface area contributed by atoms with Crippen LogP contribution < -0.4 is 5.73 Å². The van der Waals surface area contributed by atoms with E-state index in [9.17, 15) is 4.79 Å². The summed E-state index contributed by atoms with van der Waals surface area (Å²) >= 11 is 0. The molecule has 0 amide bonds. The van der Waals surface area contributed by atoms with Gasteiger partial charge >= 0.3 is 5.97 Å². The van der Waals surface area contributed by atoms with Crippen molar-refractivity contribution in [1.82, 2.24) is 0 Å². The first-order chi connectivity index (χ1) is 10.1. The van der Waals surface area contributed by atoms with Crippen molar-refractivity contribution in [3.05, 3.63) is 12.2 Å². The van der Waals surface area contributed by atoms with Gasteiger partial charge in [0.15, 0.2) is 6.10 Å². The van der Waals surface area contributed by atoms with E-state index in [-0.39, 0.29) is 24.7 Å². The van der Waals surface area contributed by atoms with E-state index in [2.05, 4.69) is 13.0 Å². The van der Waals surface area contributed by atoms with Gasteiger partial charge in [0.2, 0.25) is 0 Å². The van der Waals surface area contributed by atoms with Crippen LogP contribution in [0.3, 0.4) is 0 Å². The molecule has 1 rings (SSSR count). The van der Waals surface area contributed by atoms with E-state index < -0.39 is 12.1 Å². The largest absolute Gasteiger partial charge is 0.455 e. The summed E-state index contributed by atoms with van der Waals surface area (Å²) in [7, 11) is 1.64. The summed E-state index contributed by atoms with van der Waals surface area (Å²) in [5.74, 6) is -0.251. The van der Waals surface area contributed by atoms with Crippen LogP contribution in [0, 0.1) is 5.92 Å². The number of rotatable bonds is 8. The van der Waals surface area contributed by atoms with E-state index in [1.165, 1.54) is 12.8 Å². The summed E-state index contributed by atoms with van der Waals surface area (Å²) in [5, 5.41) is 0. The van der Waals surface area contributed by atoms with Crippen LogP contribution in [0.5, 0.6) is 0 Å². The van der Waals surface area contributed by atoms with Crippen molar-refractivity contribution >= 4 is 5.97 Å². The van der Waals surface area contributed by atoms with Crippen molar-refractivity contribution in [2.24, 2.45) is 11.7 Å². The number of carbonyl (C=O) groups excluding carboxylic acids is 1. The van der Waals surface area contributed by atoms with E-state index in [1.54, 1.807) is 7.11 Å². The number of carbonyl (C=O) groups is 1.